The van der Waals surface area contributed by atoms with Crippen molar-refractivity contribution in [2.45, 2.75) is 0 Å². The van der Waals surface area contributed by atoms with E-state index in [0.717, 1.165) is 11.3 Å². The molecule has 0 aliphatic heterocycles. The Morgan fingerprint density at radius 2 is 2.50 bits per heavy atom. The molecule has 1 aromatic heterocycles. The molecule has 64 valence electrons. The second-order valence-corrected chi connectivity index (χ2v) is 3.03. The van der Waals surface area contributed by atoms with Gasteiger partial charge < -0.3 is 10.9 Å². The van der Waals surface area contributed by atoms with E-state index >= 15 is 0 Å². The van der Waals surface area contributed by atoms with Crippen LogP contribution in [-0.4, -0.2) is 21.1 Å². The van der Waals surface area contributed by atoms with Gasteiger partial charge in [-0.05, 0) is 11.6 Å². The van der Waals surface area contributed by atoms with Gasteiger partial charge in [0.05, 0.1) is 0 Å². The molecule has 0 fully saturated rings. The maximum absolute atomic E-state index is 10.6. The van der Waals surface area contributed by atoms with Gasteiger partial charge in [-0.2, -0.15) is 0 Å². The zero-order valence-electron chi connectivity index (χ0n) is 5.69. The van der Waals surface area contributed by atoms with Gasteiger partial charge in [0, 0.05) is 5.38 Å². The third kappa shape index (κ3) is 1.72. The number of hydrogen-bond donors (Lipinski definition) is 2. The summed E-state index contributed by atoms with van der Waals surface area (Å²) >= 11 is 6.21. The lowest BCUT2D eigenvalue weighted by molar-refractivity contribution is -0.106. The lowest BCUT2D eigenvalue weighted by atomic mass is 10.3. The molecule has 0 atom stereocenters. The largest absolute Gasteiger partial charge is 0.410 e. The fraction of sp³-hybridized carbons (Fsp3) is 0. The molecule has 0 saturated heterocycles. The number of halogens is 1. The van der Waals surface area contributed by atoms with Gasteiger partial charge in [0.1, 0.15) is 5.69 Å². The normalized spacial score (nSPS) is 11.6. The second-order valence-electron chi connectivity index (χ2n) is 1.79. The highest BCUT2D eigenvalue weighted by Gasteiger charge is 2.14. The van der Waals surface area contributed by atoms with E-state index in [0.29, 0.717) is 0 Å². The fourth-order valence-electron chi connectivity index (χ4n) is 0.588. The minimum absolute atomic E-state index is 0.181. The summed E-state index contributed by atoms with van der Waals surface area (Å²) in [6, 6.07) is 0. The van der Waals surface area contributed by atoms with E-state index < -0.39 is 5.24 Å². The number of nitrogen functional groups attached to an aromatic ring is 1. The quantitative estimate of drug-likeness (QED) is 0.321. The van der Waals surface area contributed by atoms with Crippen molar-refractivity contribution >= 4 is 39.0 Å². The van der Waals surface area contributed by atoms with Gasteiger partial charge in [0.15, 0.2) is 10.8 Å². The first-order chi connectivity index (χ1) is 5.65. The standard InChI is InChI=1S/C5H4ClN3O2S/c6-4(10)3(9-11)2-1-12-5(7)8-2/h1,11H,(H2,7,8). The number of anilines is 1. The molecule has 0 aromatic carbocycles. The average Bonchev–Trinajstić information content (AvgIpc) is 2.37. The highest BCUT2D eigenvalue weighted by Crippen LogP contribution is 2.12. The molecule has 0 spiro atoms. The van der Waals surface area contributed by atoms with Crippen molar-refractivity contribution in [2.24, 2.45) is 5.16 Å². The molecule has 1 rings (SSSR count). The van der Waals surface area contributed by atoms with Crippen LogP contribution in [-0.2, 0) is 4.79 Å². The van der Waals surface area contributed by atoms with Gasteiger partial charge in [-0.15, -0.1) is 11.3 Å². The van der Waals surface area contributed by atoms with Gasteiger partial charge in [-0.3, -0.25) is 4.79 Å². The van der Waals surface area contributed by atoms with Crippen LogP contribution in [0.1, 0.15) is 5.69 Å². The van der Waals surface area contributed by atoms with E-state index in [1.165, 1.54) is 5.38 Å². The summed E-state index contributed by atoms with van der Waals surface area (Å²) in [4.78, 5) is 14.3. The van der Waals surface area contributed by atoms with E-state index in [1.807, 2.05) is 0 Å². The number of carbonyl (C=O) groups excluding carboxylic acids is 1. The van der Waals surface area contributed by atoms with Crippen molar-refractivity contribution < 1.29 is 10.0 Å². The lowest BCUT2D eigenvalue weighted by Crippen LogP contribution is -2.09. The van der Waals surface area contributed by atoms with Crippen LogP contribution >= 0.6 is 22.9 Å². The highest BCUT2D eigenvalue weighted by molar-refractivity contribution is 7.13. The molecule has 0 aliphatic rings. The maximum atomic E-state index is 10.6. The molecule has 12 heavy (non-hydrogen) atoms. The van der Waals surface area contributed by atoms with Crippen molar-refractivity contribution in [2.75, 3.05) is 5.73 Å². The van der Waals surface area contributed by atoms with Gasteiger partial charge in [-0.1, -0.05) is 5.16 Å². The number of rotatable bonds is 2. The summed E-state index contributed by atoms with van der Waals surface area (Å²) in [5.41, 5.74) is 5.17. The summed E-state index contributed by atoms with van der Waals surface area (Å²) < 4.78 is 0. The van der Waals surface area contributed by atoms with Crippen molar-refractivity contribution in [3.8, 4) is 0 Å². The number of hydrogen-bond acceptors (Lipinski definition) is 6. The first kappa shape index (κ1) is 8.95. The van der Waals surface area contributed by atoms with Crippen LogP contribution in [0.5, 0.6) is 0 Å². The van der Waals surface area contributed by atoms with Crippen LogP contribution < -0.4 is 5.73 Å². The molecular formula is C5H4ClN3O2S. The highest BCUT2D eigenvalue weighted by atomic mass is 35.5. The van der Waals surface area contributed by atoms with Crippen LogP contribution in [0, 0.1) is 0 Å². The van der Waals surface area contributed by atoms with E-state index in [2.05, 4.69) is 10.1 Å². The number of carbonyl (C=O) groups is 1. The first-order valence-corrected chi connectivity index (χ1v) is 4.04. The van der Waals surface area contributed by atoms with Gasteiger partial charge in [-0.25, -0.2) is 4.98 Å². The molecular weight excluding hydrogens is 202 g/mol. The Hall–Kier alpha value is -1.14. The van der Waals surface area contributed by atoms with Gasteiger partial charge in [0.2, 0.25) is 0 Å². The van der Waals surface area contributed by atoms with E-state index in [4.69, 9.17) is 22.5 Å². The van der Waals surface area contributed by atoms with Crippen LogP contribution in [0.2, 0.25) is 0 Å². The Morgan fingerprint density at radius 1 is 1.83 bits per heavy atom. The predicted molar refractivity (Wildman–Crippen MR) is 45.7 cm³/mol. The molecule has 5 nitrogen and oxygen atoms in total. The number of aromatic nitrogens is 1. The SMILES string of the molecule is Nc1nc(C(=NO)C(=O)Cl)cs1. The Balaban J connectivity index is 3.04. The maximum Gasteiger partial charge on any atom is 0.276 e. The Labute approximate surface area is 76.5 Å². The molecule has 0 unspecified atom stereocenters. The summed E-state index contributed by atoms with van der Waals surface area (Å²) in [6.45, 7) is 0. The van der Waals surface area contributed by atoms with Crippen LogP contribution in [0.3, 0.4) is 0 Å². The Morgan fingerprint density at radius 3 is 2.83 bits per heavy atom. The van der Waals surface area contributed by atoms with Crippen molar-refractivity contribution in [1.29, 1.82) is 0 Å². The van der Waals surface area contributed by atoms with Crippen LogP contribution in [0.4, 0.5) is 5.13 Å². The topological polar surface area (TPSA) is 88.6 Å². The summed E-state index contributed by atoms with van der Waals surface area (Å²) in [5, 5.41) is 11.9. The average molecular weight is 206 g/mol. The minimum Gasteiger partial charge on any atom is -0.410 e. The molecule has 0 radical (unpaired) electrons. The lowest BCUT2D eigenvalue weighted by Gasteiger charge is -1.90. The molecule has 3 N–H and O–H groups in total. The van der Waals surface area contributed by atoms with Crippen LogP contribution in [0.25, 0.3) is 0 Å². The van der Waals surface area contributed by atoms with Crippen molar-refractivity contribution in [3.05, 3.63) is 11.1 Å². The zero-order valence-corrected chi connectivity index (χ0v) is 7.26. The van der Waals surface area contributed by atoms with Crippen molar-refractivity contribution in [3.63, 3.8) is 0 Å². The molecule has 0 aliphatic carbocycles. The summed E-state index contributed by atoms with van der Waals surface area (Å²) in [7, 11) is 0. The van der Waals surface area contributed by atoms with E-state index in [9.17, 15) is 4.79 Å². The van der Waals surface area contributed by atoms with E-state index in [-0.39, 0.29) is 16.5 Å². The minimum atomic E-state index is -0.872. The number of oxime groups is 1. The smallest absolute Gasteiger partial charge is 0.276 e. The zero-order chi connectivity index (χ0) is 9.14. The summed E-state index contributed by atoms with van der Waals surface area (Å²) in [5.74, 6) is 0. The number of thiazole rings is 1. The third-order valence-corrected chi connectivity index (χ3v) is 1.90. The van der Waals surface area contributed by atoms with Crippen LogP contribution in [0.15, 0.2) is 10.5 Å². The fourth-order valence-corrected chi connectivity index (χ4v) is 1.27. The van der Waals surface area contributed by atoms with E-state index in [1.54, 1.807) is 0 Å². The third-order valence-electron chi connectivity index (χ3n) is 1.05. The van der Waals surface area contributed by atoms with Gasteiger partial charge >= 0.3 is 0 Å². The molecule has 0 saturated carbocycles. The summed E-state index contributed by atoms with van der Waals surface area (Å²) in [6.07, 6.45) is 0. The molecule has 0 bridgehead atoms. The molecule has 1 heterocycles. The first-order valence-electron chi connectivity index (χ1n) is 2.78. The molecule has 1 aromatic rings. The van der Waals surface area contributed by atoms with Gasteiger partial charge in [0.25, 0.3) is 5.24 Å². The molecule has 7 heteroatoms. The number of nitrogens with two attached hydrogens (primary N) is 1. The molecule has 0 amide bonds. The Kier molecular flexibility index (Phi) is 2.61. The second kappa shape index (κ2) is 3.51. The predicted octanol–water partition coefficient (Wildman–Crippen LogP) is 0.669. The van der Waals surface area contributed by atoms with Crippen molar-refractivity contribution in [1.82, 2.24) is 4.98 Å². The number of nitrogens with zero attached hydrogens (tertiary/aromatic N) is 2. The Bertz CT molecular complexity index is 335. The monoisotopic (exact) mass is 205 g/mol.